The Bertz CT molecular complexity index is 472. The molecule has 1 aromatic rings. The minimum atomic E-state index is 0.535. The molecule has 1 saturated heterocycles. The second-order valence-electron chi connectivity index (χ2n) is 6.27. The van der Waals surface area contributed by atoms with Crippen LogP contribution in [0.5, 0.6) is 0 Å². The third-order valence-corrected chi connectivity index (χ3v) is 4.73. The third kappa shape index (κ3) is 4.57. The van der Waals surface area contributed by atoms with Gasteiger partial charge < -0.3 is 4.90 Å². The van der Waals surface area contributed by atoms with Crippen LogP contribution in [0.2, 0.25) is 0 Å². The van der Waals surface area contributed by atoms with Gasteiger partial charge in [0.2, 0.25) is 0 Å². The molecule has 1 fully saturated rings. The van der Waals surface area contributed by atoms with Gasteiger partial charge in [-0.05, 0) is 52.3 Å². The lowest BCUT2D eigenvalue weighted by molar-refractivity contribution is 0.171. The molecule has 0 amide bonds. The molecule has 2 rings (SSSR count). The molecule has 1 nitrogen and oxygen atoms in total. The average Bonchev–Trinajstić information content (AvgIpc) is 2.52. The highest BCUT2D eigenvalue weighted by atomic mass is 15.1. The molecule has 1 heterocycles. The molecule has 0 bridgehead atoms. The molecular weight excluding hydrogens is 254 g/mol. The molecule has 0 saturated carbocycles. The molecule has 1 aromatic carbocycles. The Balaban J connectivity index is 2.19. The molecule has 0 radical (unpaired) electrons. The van der Waals surface area contributed by atoms with E-state index in [9.17, 15) is 0 Å². The molecule has 114 valence electrons. The van der Waals surface area contributed by atoms with Crippen molar-refractivity contribution in [2.45, 2.75) is 51.5 Å². The van der Waals surface area contributed by atoms with Crippen molar-refractivity contribution in [2.75, 3.05) is 13.6 Å². The van der Waals surface area contributed by atoms with Crippen molar-refractivity contribution in [3.63, 3.8) is 0 Å². The summed E-state index contributed by atoms with van der Waals surface area (Å²) in [5.74, 6) is 0.535. The normalized spacial score (nSPS) is 22.6. The third-order valence-electron chi connectivity index (χ3n) is 4.73. The van der Waals surface area contributed by atoms with Gasteiger partial charge in [-0.15, -0.1) is 0 Å². The van der Waals surface area contributed by atoms with Crippen LogP contribution in [0, 0.1) is 0 Å². The van der Waals surface area contributed by atoms with Crippen LogP contribution in [0.15, 0.2) is 54.1 Å². The minimum absolute atomic E-state index is 0.535. The molecule has 0 aliphatic carbocycles. The van der Waals surface area contributed by atoms with Gasteiger partial charge in [0.1, 0.15) is 0 Å². The Hall–Kier alpha value is -1.34. The van der Waals surface area contributed by atoms with E-state index in [1.807, 2.05) is 0 Å². The summed E-state index contributed by atoms with van der Waals surface area (Å²) < 4.78 is 0. The first-order valence-corrected chi connectivity index (χ1v) is 8.27. The Morgan fingerprint density at radius 3 is 2.71 bits per heavy atom. The second kappa shape index (κ2) is 8.19. The van der Waals surface area contributed by atoms with E-state index in [2.05, 4.69) is 74.4 Å². The maximum absolute atomic E-state index is 2.56. The SMILES string of the molecule is C/C=C\C=C(/C)C(CC1CCCCN1C)c1ccccc1. The van der Waals surface area contributed by atoms with E-state index in [1.54, 1.807) is 0 Å². The fraction of sp³-hybridized carbons (Fsp3) is 0.500. The molecule has 1 aliphatic heterocycles. The van der Waals surface area contributed by atoms with Crippen LogP contribution in [0.25, 0.3) is 0 Å². The molecule has 21 heavy (non-hydrogen) atoms. The summed E-state index contributed by atoms with van der Waals surface area (Å²) >= 11 is 0. The van der Waals surface area contributed by atoms with Crippen molar-refractivity contribution in [3.05, 3.63) is 59.7 Å². The lowest BCUT2D eigenvalue weighted by Crippen LogP contribution is -2.37. The lowest BCUT2D eigenvalue weighted by atomic mass is 9.83. The lowest BCUT2D eigenvalue weighted by Gasteiger charge is -2.35. The molecule has 1 aliphatic rings. The molecular formula is C20H29N. The van der Waals surface area contributed by atoms with Gasteiger partial charge in [0.25, 0.3) is 0 Å². The Labute approximate surface area is 130 Å². The minimum Gasteiger partial charge on any atom is -0.303 e. The van der Waals surface area contributed by atoms with Gasteiger partial charge in [0.05, 0.1) is 0 Å². The molecule has 2 unspecified atom stereocenters. The fourth-order valence-corrected chi connectivity index (χ4v) is 3.35. The van der Waals surface area contributed by atoms with Gasteiger partial charge in [0.15, 0.2) is 0 Å². The van der Waals surface area contributed by atoms with E-state index >= 15 is 0 Å². The van der Waals surface area contributed by atoms with E-state index in [0.717, 1.165) is 6.04 Å². The topological polar surface area (TPSA) is 3.24 Å². The zero-order valence-corrected chi connectivity index (χ0v) is 13.8. The summed E-state index contributed by atoms with van der Waals surface area (Å²) in [6.07, 6.45) is 11.9. The zero-order valence-electron chi connectivity index (χ0n) is 13.8. The number of rotatable bonds is 5. The first kappa shape index (κ1) is 16.0. The number of piperidine rings is 1. The molecule has 2 atom stereocenters. The number of hydrogen-bond acceptors (Lipinski definition) is 1. The summed E-state index contributed by atoms with van der Waals surface area (Å²) in [5.41, 5.74) is 2.92. The predicted octanol–water partition coefficient (Wildman–Crippen LogP) is 5.17. The van der Waals surface area contributed by atoms with Crippen molar-refractivity contribution in [1.29, 1.82) is 0 Å². The Morgan fingerprint density at radius 2 is 2.05 bits per heavy atom. The van der Waals surface area contributed by atoms with Crippen LogP contribution in [0.4, 0.5) is 0 Å². The van der Waals surface area contributed by atoms with Crippen molar-refractivity contribution >= 4 is 0 Å². The first-order chi connectivity index (χ1) is 10.2. The predicted molar refractivity (Wildman–Crippen MR) is 92.6 cm³/mol. The highest BCUT2D eigenvalue weighted by Crippen LogP contribution is 2.32. The fourth-order valence-electron chi connectivity index (χ4n) is 3.35. The van der Waals surface area contributed by atoms with Gasteiger partial charge in [-0.25, -0.2) is 0 Å². The van der Waals surface area contributed by atoms with Crippen LogP contribution in [-0.2, 0) is 0 Å². The number of benzene rings is 1. The summed E-state index contributed by atoms with van der Waals surface area (Å²) in [7, 11) is 2.29. The van der Waals surface area contributed by atoms with Crippen molar-refractivity contribution in [1.82, 2.24) is 4.90 Å². The van der Waals surface area contributed by atoms with Gasteiger partial charge >= 0.3 is 0 Å². The van der Waals surface area contributed by atoms with Gasteiger partial charge in [-0.3, -0.25) is 0 Å². The maximum Gasteiger partial charge on any atom is 0.0101 e. The van der Waals surface area contributed by atoms with E-state index < -0.39 is 0 Å². The number of likely N-dealkylation sites (tertiary alicyclic amines) is 1. The highest BCUT2D eigenvalue weighted by molar-refractivity contribution is 5.30. The Kier molecular flexibility index (Phi) is 6.25. The van der Waals surface area contributed by atoms with Crippen LogP contribution in [0.3, 0.4) is 0 Å². The van der Waals surface area contributed by atoms with Crippen molar-refractivity contribution in [3.8, 4) is 0 Å². The van der Waals surface area contributed by atoms with E-state index in [4.69, 9.17) is 0 Å². The van der Waals surface area contributed by atoms with Crippen LogP contribution in [-0.4, -0.2) is 24.5 Å². The largest absolute Gasteiger partial charge is 0.303 e. The van der Waals surface area contributed by atoms with E-state index in [0.29, 0.717) is 5.92 Å². The summed E-state index contributed by atoms with van der Waals surface area (Å²) in [5, 5.41) is 0. The molecule has 1 heteroatoms. The van der Waals surface area contributed by atoms with Crippen LogP contribution >= 0.6 is 0 Å². The van der Waals surface area contributed by atoms with Gasteiger partial charge in [-0.1, -0.05) is 60.6 Å². The molecule has 0 aromatic heterocycles. The first-order valence-electron chi connectivity index (χ1n) is 8.27. The number of hydrogen-bond donors (Lipinski definition) is 0. The monoisotopic (exact) mass is 283 g/mol. The van der Waals surface area contributed by atoms with Crippen LogP contribution in [0.1, 0.15) is 51.0 Å². The Morgan fingerprint density at radius 1 is 1.29 bits per heavy atom. The van der Waals surface area contributed by atoms with Crippen molar-refractivity contribution in [2.24, 2.45) is 0 Å². The number of nitrogens with zero attached hydrogens (tertiary/aromatic N) is 1. The molecule has 0 spiro atoms. The van der Waals surface area contributed by atoms with E-state index in [1.165, 1.54) is 43.4 Å². The smallest absolute Gasteiger partial charge is 0.0101 e. The van der Waals surface area contributed by atoms with E-state index in [-0.39, 0.29) is 0 Å². The van der Waals surface area contributed by atoms with Crippen molar-refractivity contribution < 1.29 is 0 Å². The standard InChI is InChI=1S/C20H29N/c1-4-5-11-17(2)20(18-12-7-6-8-13-18)16-19-14-9-10-15-21(19)3/h4-8,11-13,19-20H,9-10,14-16H2,1-3H3/b5-4-,17-11+. The summed E-state index contributed by atoms with van der Waals surface area (Å²) in [6.45, 7) is 5.61. The number of allylic oxidation sites excluding steroid dienone is 4. The quantitative estimate of drug-likeness (QED) is 0.674. The highest BCUT2D eigenvalue weighted by Gasteiger charge is 2.24. The summed E-state index contributed by atoms with van der Waals surface area (Å²) in [6, 6.07) is 11.7. The van der Waals surface area contributed by atoms with Crippen LogP contribution < -0.4 is 0 Å². The maximum atomic E-state index is 2.56. The summed E-state index contributed by atoms with van der Waals surface area (Å²) in [4.78, 5) is 2.56. The molecule has 0 N–H and O–H groups in total. The zero-order chi connectivity index (χ0) is 15.1. The van der Waals surface area contributed by atoms with Gasteiger partial charge in [-0.2, -0.15) is 0 Å². The van der Waals surface area contributed by atoms with Gasteiger partial charge in [0, 0.05) is 12.0 Å². The average molecular weight is 283 g/mol. The second-order valence-corrected chi connectivity index (χ2v) is 6.27.